The molecule has 1 amide bonds. The van der Waals surface area contributed by atoms with Crippen molar-refractivity contribution in [1.29, 1.82) is 0 Å². The number of rotatable bonds is 9. The molecule has 0 aliphatic carbocycles. The van der Waals surface area contributed by atoms with Gasteiger partial charge in [0.25, 0.3) is 0 Å². The Morgan fingerprint density at radius 3 is 2.90 bits per heavy atom. The number of pyridine rings is 1. The molecule has 156 valence electrons. The lowest BCUT2D eigenvalue weighted by molar-refractivity contribution is -0.113. The Balaban J connectivity index is 1.61. The van der Waals surface area contributed by atoms with Crippen LogP contribution in [0.4, 0.5) is 10.2 Å². The summed E-state index contributed by atoms with van der Waals surface area (Å²) in [7, 11) is 0. The van der Waals surface area contributed by atoms with Crippen LogP contribution >= 0.6 is 39.3 Å². The van der Waals surface area contributed by atoms with Gasteiger partial charge in [-0.3, -0.25) is 9.36 Å². The van der Waals surface area contributed by atoms with Crippen molar-refractivity contribution in [2.24, 2.45) is 0 Å². The number of anilines is 1. The van der Waals surface area contributed by atoms with Crippen LogP contribution in [0.2, 0.25) is 5.02 Å². The highest BCUT2D eigenvalue weighted by atomic mass is 79.9. The number of carbonyl (C=O) groups excluding carboxylic acids is 1. The van der Waals surface area contributed by atoms with Crippen molar-refractivity contribution in [2.75, 3.05) is 11.1 Å². The number of halogens is 3. The first-order valence-corrected chi connectivity index (χ1v) is 10.8. The van der Waals surface area contributed by atoms with Crippen LogP contribution in [0, 0.1) is 5.82 Å². The second-order valence-electron chi connectivity index (χ2n) is 5.86. The number of thioether (sulfide) groups is 1. The van der Waals surface area contributed by atoms with Crippen molar-refractivity contribution in [2.45, 2.75) is 18.3 Å². The van der Waals surface area contributed by atoms with E-state index in [-0.39, 0.29) is 23.3 Å². The number of nitrogens with zero attached hydrogens (tertiary/aromatic N) is 4. The molecule has 30 heavy (non-hydrogen) atoms. The minimum Gasteiger partial charge on any atom is -0.486 e. The molecular formula is C19H16BrClFN5O2S. The van der Waals surface area contributed by atoms with Crippen molar-refractivity contribution in [3.8, 4) is 5.75 Å². The third kappa shape index (κ3) is 6.04. The summed E-state index contributed by atoms with van der Waals surface area (Å²) in [5.74, 6) is 0.791. The zero-order valence-corrected chi connectivity index (χ0v) is 18.7. The molecule has 0 radical (unpaired) electrons. The molecule has 0 aliphatic heterocycles. The van der Waals surface area contributed by atoms with E-state index in [0.717, 1.165) is 4.47 Å². The van der Waals surface area contributed by atoms with Crippen molar-refractivity contribution < 1.29 is 13.9 Å². The summed E-state index contributed by atoms with van der Waals surface area (Å²) in [6.07, 6.45) is 3.29. The van der Waals surface area contributed by atoms with Gasteiger partial charge in [0.1, 0.15) is 24.0 Å². The number of aromatic nitrogens is 4. The first kappa shape index (κ1) is 22.3. The Kier molecular flexibility index (Phi) is 7.83. The third-order valence-corrected chi connectivity index (χ3v) is 5.42. The van der Waals surface area contributed by atoms with E-state index in [1.54, 1.807) is 29.0 Å². The predicted octanol–water partition coefficient (Wildman–Crippen LogP) is 4.72. The predicted molar refractivity (Wildman–Crippen MR) is 117 cm³/mol. The summed E-state index contributed by atoms with van der Waals surface area (Å²) in [5, 5.41) is 11.5. The number of carbonyl (C=O) groups is 1. The third-order valence-electron chi connectivity index (χ3n) is 3.69. The zero-order chi connectivity index (χ0) is 21.5. The van der Waals surface area contributed by atoms with E-state index in [9.17, 15) is 9.18 Å². The molecule has 0 saturated heterocycles. The van der Waals surface area contributed by atoms with Gasteiger partial charge in [-0.1, -0.05) is 29.4 Å². The van der Waals surface area contributed by atoms with Crippen LogP contribution < -0.4 is 10.1 Å². The quantitative estimate of drug-likeness (QED) is 0.330. The second kappa shape index (κ2) is 10.6. The molecule has 0 aliphatic rings. The fourth-order valence-electron chi connectivity index (χ4n) is 2.32. The Bertz CT molecular complexity index is 1050. The van der Waals surface area contributed by atoms with E-state index in [2.05, 4.69) is 43.0 Å². The maximum Gasteiger partial charge on any atom is 0.236 e. The molecule has 11 heteroatoms. The van der Waals surface area contributed by atoms with Crippen LogP contribution in [0.25, 0.3) is 0 Å². The monoisotopic (exact) mass is 511 g/mol. The highest BCUT2D eigenvalue weighted by molar-refractivity contribution is 9.10. The average Bonchev–Trinajstić information content (AvgIpc) is 3.11. The van der Waals surface area contributed by atoms with E-state index in [1.165, 1.54) is 30.0 Å². The second-order valence-corrected chi connectivity index (χ2v) is 8.13. The van der Waals surface area contributed by atoms with Gasteiger partial charge in [0, 0.05) is 23.3 Å². The average molecular weight is 513 g/mol. The number of hydrogen-bond acceptors (Lipinski definition) is 6. The van der Waals surface area contributed by atoms with Gasteiger partial charge in [0.05, 0.1) is 10.8 Å². The molecule has 0 atom stereocenters. The van der Waals surface area contributed by atoms with Gasteiger partial charge < -0.3 is 10.1 Å². The summed E-state index contributed by atoms with van der Waals surface area (Å²) in [6, 6.07) is 7.58. The van der Waals surface area contributed by atoms with Gasteiger partial charge in [0.15, 0.2) is 11.0 Å². The van der Waals surface area contributed by atoms with Gasteiger partial charge in [-0.05, 0) is 40.2 Å². The Hall–Kier alpha value is -2.43. The van der Waals surface area contributed by atoms with Crippen LogP contribution in [0.5, 0.6) is 5.75 Å². The summed E-state index contributed by atoms with van der Waals surface area (Å²) >= 11 is 10.3. The van der Waals surface area contributed by atoms with E-state index in [0.29, 0.717) is 29.1 Å². The molecule has 1 N–H and O–H groups in total. The smallest absolute Gasteiger partial charge is 0.236 e. The number of allylic oxidation sites excluding steroid dienone is 1. The van der Waals surface area contributed by atoms with Gasteiger partial charge in [-0.2, -0.15) is 0 Å². The van der Waals surface area contributed by atoms with Crippen LogP contribution in [0.15, 0.2) is 58.8 Å². The maximum absolute atomic E-state index is 13.3. The SMILES string of the molecule is C=CCn1c(COc2ccc(F)c(Cl)c2)nnc1SCC(=O)Nc1ccc(Br)cn1. The molecule has 0 saturated carbocycles. The molecular weight excluding hydrogens is 497 g/mol. The number of amides is 1. The van der Waals surface area contributed by atoms with Crippen molar-refractivity contribution >= 4 is 51.0 Å². The summed E-state index contributed by atoms with van der Waals surface area (Å²) in [6.45, 7) is 4.27. The normalized spacial score (nSPS) is 10.6. The van der Waals surface area contributed by atoms with Gasteiger partial charge in [0.2, 0.25) is 5.91 Å². The van der Waals surface area contributed by atoms with Crippen LogP contribution in [0.1, 0.15) is 5.82 Å². The fraction of sp³-hybridized carbons (Fsp3) is 0.158. The molecule has 0 unspecified atom stereocenters. The summed E-state index contributed by atoms with van der Waals surface area (Å²) < 4.78 is 21.5. The lowest BCUT2D eigenvalue weighted by Gasteiger charge is -2.09. The van der Waals surface area contributed by atoms with Crippen molar-refractivity contribution in [3.05, 3.63) is 70.3 Å². The molecule has 3 rings (SSSR count). The minimum atomic E-state index is -0.519. The topological polar surface area (TPSA) is 81.9 Å². The van der Waals surface area contributed by atoms with Crippen molar-refractivity contribution in [3.63, 3.8) is 0 Å². The van der Waals surface area contributed by atoms with Gasteiger partial charge in [-0.25, -0.2) is 9.37 Å². The Morgan fingerprint density at radius 1 is 1.37 bits per heavy atom. The number of nitrogens with one attached hydrogen (secondary N) is 1. The van der Waals surface area contributed by atoms with Crippen molar-refractivity contribution in [1.82, 2.24) is 19.7 Å². The Morgan fingerprint density at radius 2 is 2.20 bits per heavy atom. The molecule has 7 nitrogen and oxygen atoms in total. The van der Waals surface area contributed by atoms with Crippen LogP contribution in [0.3, 0.4) is 0 Å². The first-order chi connectivity index (χ1) is 14.5. The largest absolute Gasteiger partial charge is 0.486 e. The maximum atomic E-state index is 13.3. The molecule has 3 aromatic rings. The highest BCUT2D eigenvalue weighted by Gasteiger charge is 2.15. The van der Waals surface area contributed by atoms with Crippen LogP contribution in [-0.2, 0) is 17.9 Å². The van der Waals surface area contributed by atoms with Gasteiger partial charge in [-0.15, -0.1) is 16.8 Å². The minimum absolute atomic E-state index is 0.0254. The van der Waals surface area contributed by atoms with E-state index in [1.807, 2.05) is 0 Å². The lowest BCUT2D eigenvalue weighted by Crippen LogP contribution is -2.15. The molecule has 2 aromatic heterocycles. The van der Waals surface area contributed by atoms with Crippen LogP contribution in [-0.4, -0.2) is 31.4 Å². The van der Waals surface area contributed by atoms with E-state index in [4.69, 9.17) is 16.3 Å². The van der Waals surface area contributed by atoms with Gasteiger partial charge >= 0.3 is 0 Å². The molecule has 0 spiro atoms. The number of benzene rings is 1. The lowest BCUT2D eigenvalue weighted by atomic mass is 10.3. The fourth-order valence-corrected chi connectivity index (χ4v) is 3.49. The highest BCUT2D eigenvalue weighted by Crippen LogP contribution is 2.23. The molecule has 2 heterocycles. The molecule has 1 aromatic carbocycles. The van der Waals surface area contributed by atoms with E-state index >= 15 is 0 Å². The first-order valence-electron chi connectivity index (χ1n) is 8.61. The summed E-state index contributed by atoms with van der Waals surface area (Å²) in [5.41, 5.74) is 0. The number of ether oxygens (including phenoxy) is 1. The Labute approximate surface area is 189 Å². The molecule has 0 bridgehead atoms. The molecule has 0 fully saturated rings. The van der Waals surface area contributed by atoms with E-state index < -0.39 is 5.82 Å². The zero-order valence-electron chi connectivity index (χ0n) is 15.5. The standard InChI is InChI=1S/C19H16BrClFN5O2S/c1-2-7-27-17(10-29-13-4-5-15(22)14(21)8-13)25-26-19(27)30-11-18(28)24-16-6-3-12(20)9-23-16/h2-6,8-9H,1,7,10-11H2,(H,23,24,28). The number of hydrogen-bond donors (Lipinski definition) is 1. The summed E-state index contributed by atoms with van der Waals surface area (Å²) in [4.78, 5) is 16.3.